The fourth-order valence-corrected chi connectivity index (χ4v) is 8.66. The van der Waals surface area contributed by atoms with Gasteiger partial charge in [-0.15, -0.1) is 0 Å². The number of aryl methyl sites for hydroxylation is 1. The summed E-state index contributed by atoms with van der Waals surface area (Å²) in [4.78, 5) is 5.17. The molecule has 0 fully saturated rings. The van der Waals surface area contributed by atoms with Gasteiger partial charge in [0.15, 0.2) is 0 Å². The molecule has 52 heavy (non-hydrogen) atoms. The van der Waals surface area contributed by atoms with Gasteiger partial charge in [-0.25, -0.2) is 4.98 Å². The highest BCUT2D eigenvalue weighted by molar-refractivity contribution is 5.33. The quantitative estimate of drug-likeness (QED) is 0.0564. The summed E-state index contributed by atoms with van der Waals surface area (Å²) in [5.41, 5.74) is 2.84. The maximum Gasteiger partial charge on any atom is 0.112 e. The van der Waals surface area contributed by atoms with E-state index in [0.29, 0.717) is 5.92 Å². The highest BCUT2D eigenvalue weighted by atomic mass is 15.1. The second-order valence-corrected chi connectivity index (χ2v) is 16.6. The SMILES string of the molecule is CCCCCCCCCCCCCCCCCCC(c1nccn1CCCCCCCCCCCCC)C(C)(Cc1ccccc1)c1ccccc1. The highest BCUT2D eigenvalue weighted by Crippen LogP contribution is 2.44. The van der Waals surface area contributed by atoms with Crippen LogP contribution in [-0.2, 0) is 18.4 Å². The molecular formula is C50H82N2. The summed E-state index contributed by atoms with van der Waals surface area (Å²) in [5.74, 6) is 1.69. The number of benzene rings is 2. The summed E-state index contributed by atoms with van der Waals surface area (Å²) in [5, 5.41) is 0. The Morgan fingerprint density at radius 2 is 0.904 bits per heavy atom. The predicted molar refractivity (Wildman–Crippen MR) is 230 cm³/mol. The third kappa shape index (κ3) is 18.1. The van der Waals surface area contributed by atoms with E-state index in [9.17, 15) is 0 Å². The van der Waals surface area contributed by atoms with Crippen molar-refractivity contribution in [2.45, 2.75) is 225 Å². The molecule has 0 aliphatic rings. The van der Waals surface area contributed by atoms with Crippen LogP contribution in [0.4, 0.5) is 0 Å². The van der Waals surface area contributed by atoms with Gasteiger partial charge in [-0.05, 0) is 30.4 Å². The molecule has 0 radical (unpaired) electrons. The van der Waals surface area contributed by atoms with Crippen LogP contribution in [0.3, 0.4) is 0 Å². The largest absolute Gasteiger partial charge is 0.335 e. The minimum Gasteiger partial charge on any atom is -0.335 e. The van der Waals surface area contributed by atoms with E-state index in [2.05, 4.69) is 98.4 Å². The second kappa shape index (κ2) is 29.1. The van der Waals surface area contributed by atoms with Crippen LogP contribution < -0.4 is 0 Å². The summed E-state index contributed by atoms with van der Waals surface area (Å²) in [6, 6.07) is 22.6. The summed E-state index contributed by atoms with van der Waals surface area (Å²) in [6.07, 6.45) is 44.5. The van der Waals surface area contributed by atoms with Crippen molar-refractivity contribution in [3.63, 3.8) is 0 Å². The molecule has 1 heterocycles. The third-order valence-corrected chi connectivity index (χ3v) is 12.0. The van der Waals surface area contributed by atoms with Crippen molar-refractivity contribution in [3.8, 4) is 0 Å². The molecule has 2 unspecified atom stereocenters. The van der Waals surface area contributed by atoms with Crippen LogP contribution in [-0.4, -0.2) is 9.55 Å². The van der Waals surface area contributed by atoms with E-state index in [1.54, 1.807) is 0 Å². The van der Waals surface area contributed by atoms with Gasteiger partial charge in [0.05, 0.1) is 0 Å². The first kappa shape index (κ1) is 44.0. The normalized spacial score (nSPS) is 13.4. The number of unbranched alkanes of at least 4 members (excludes halogenated alkanes) is 25. The van der Waals surface area contributed by atoms with Gasteiger partial charge < -0.3 is 4.57 Å². The molecule has 3 rings (SSSR count). The van der Waals surface area contributed by atoms with E-state index in [0.717, 1.165) is 13.0 Å². The van der Waals surface area contributed by atoms with Gasteiger partial charge in [0.25, 0.3) is 0 Å². The number of rotatable bonds is 34. The van der Waals surface area contributed by atoms with Gasteiger partial charge >= 0.3 is 0 Å². The topological polar surface area (TPSA) is 17.8 Å². The minimum absolute atomic E-state index is 0.0294. The predicted octanol–water partition coefficient (Wildman–Crippen LogP) is 16.1. The number of nitrogens with zero attached hydrogens (tertiary/aromatic N) is 2. The van der Waals surface area contributed by atoms with Crippen LogP contribution in [0.1, 0.15) is 223 Å². The number of aromatic nitrogens is 2. The van der Waals surface area contributed by atoms with Crippen molar-refractivity contribution in [2.75, 3.05) is 0 Å². The first-order valence-corrected chi connectivity index (χ1v) is 22.8. The first-order chi connectivity index (χ1) is 25.7. The number of hydrogen-bond donors (Lipinski definition) is 0. The molecule has 0 aliphatic heterocycles. The van der Waals surface area contributed by atoms with E-state index < -0.39 is 0 Å². The van der Waals surface area contributed by atoms with Crippen LogP contribution in [0, 0.1) is 0 Å². The molecule has 2 aromatic carbocycles. The maximum absolute atomic E-state index is 5.17. The molecule has 0 aliphatic carbocycles. The highest BCUT2D eigenvalue weighted by Gasteiger charge is 2.39. The summed E-state index contributed by atoms with van der Waals surface area (Å²) in [6.45, 7) is 8.25. The lowest BCUT2D eigenvalue weighted by Crippen LogP contribution is -2.35. The Labute approximate surface area is 323 Å². The van der Waals surface area contributed by atoms with Gasteiger partial charge in [-0.2, -0.15) is 0 Å². The molecule has 2 nitrogen and oxygen atoms in total. The van der Waals surface area contributed by atoms with Crippen LogP contribution >= 0.6 is 0 Å². The smallest absolute Gasteiger partial charge is 0.112 e. The van der Waals surface area contributed by atoms with E-state index >= 15 is 0 Å². The minimum atomic E-state index is -0.0294. The molecule has 0 N–H and O–H groups in total. The molecule has 0 saturated heterocycles. The standard InChI is InChI=1S/C50H82N2/c1-4-6-8-10-12-14-16-17-18-19-20-21-23-25-27-35-41-48(50(3,47-39-33-30-34-40-47)45-46-37-31-29-32-38-46)49-51-42-44-52(49)43-36-28-26-24-22-15-13-11-9-7-5-2/h29-34,37-40,42,44,48H,4-28,35-36,41,43,45H2,1-3H3. The molecule has 0 saturated carbocycles. The average Bonchev–Trinajstić information content (AvgIpc) is 3.63. The van der Waals surface area contributed by atoms with Crippen molar-refractivity contribution in [2.24, 2.45) is 0 Å². The fraction of sp³-hybridized carbons (Fsp3) is 0.700. The maximum atomic E-state index is 5.17. The molecular weight excluding hydrogens is 629 g/mol. The van der Waals surface area contributed by atoms with Crippen molar-refractivity contribution in [1.29, 1.82) is 0 Å². The van der Waals surface area contributed by atoms with Gasteiger partial charge in [0.2, 0.25) is 0 Å². The van der Waals surface area contributed by atoms with Crippen molar-refractivity contribution < 1.29 is 0 Å². The summed E-state index contributed by atoms with van der Waals surface area (Å²) < 4.78 is 2.54. The zero-order valence-electron chi connectivity index (χ0n) is 34.6. The van der Waals surface area contributed by atoms with E-state index in [-0.39, 0.29) is 5.41 Å². The van der Waals surface area contributed by atoms with E-state index in [1.165, 1.54) is 197 Å². The van der Waals surface area contributed by atoms with Crippen molar-refractivity contribution in [3.05, 3.63) is 90.0 Å². The Hall–Kier alpha value is -2.35. The van der Waals surface area contributed by atoms with Gasteiger partial charge in [0, 0.05) is 30.3 Å². The summed E-state index contributed by atoms with van der Waals surface area (Å²) in [7, 11) is 0. The third-order valence-electron chi connectivity index (χ3n) is 12.0. The number of hydrogen-bond acceptors (Lipinski definition) is 1. The Balaban J connectivity index is 1.51. The first-order valence-electron chi connectivity index (χ1n) is 22.8. The Kier molecular flexibility index (Phi) is 24.6. The molecule has 2 heteroatoms. The number of imidazole rings is 1. The van der Waals surface area contributed by atoms with E-state index in [4.69, 9.17) is 4.98 Å². The van der Waals surface area contributed by atoms with Crippen molar-refractivity contribution >= 4 is 0 Å². The van der Waals surface area contributed by atoms with Crippen LogP contribution in [0.15, 0.2) is 73.1 Å². The zero-order valence-corrected chi connectivity index (χ0v) is 34.6. The van der Waals surface area contributed by atoms with Crippen LogP contribution in [0.2, 0.25) is 0 Å². The average molecular weight is 711 g/mol. The fourth-order valence-electron chi connectivity index (χ4n) is 8.66. The Morgan fingerprint density at radius 1 is 0.500 bits per heavy atom. The lowest BCUT2D eigenvalue weighted by molar-refractivity contribution is 0.321. The molecule has 0 amide bonds. The molecule has 0 bridgehead atoms. The van der Waals surface area contributed by atoms with Gasteiger partial charge in [-0.3, -0.25) is 0 Å². The van der Waals surface area contributed by atoms with E-state index in [1.807, 2.05) is 0 Å². The zero-order chi connectivity index (χ0) is 36.8. The summed E-state index contributed by atoms with van der Waals surface area (Å²) >= 11 is 0. The molecule has 292 valence electrons. The van der Waals surface area contributed by atoms with Crippen molar-refractivity contribution in [1.82, 2.24) is 9.55 Å². The van der Waals surface area contributed by atoms with Crippen LogP contribution in [0.5, 0.6) is 0 Å². The lowest BCUT2D eigenvalue weighted by atomic mass is 9.66. The Morgan fingerprint density at radius 3 is 1.37 bits per heavy atom. The molecule has 3 aromatic rings. The van der Waals surface area contributed by atoms with Crippen LogP contribution in [0.25, 0.3) is 0 Å². The molecule has 1 aromatic heterocycles. The second-order valence-electron chi connectivity index (χ2n) is 16.6. The molecule has 2 atom stereocenters. The van der Waals surface area contributed by atoms with Gasteiger partial charge in [-0.1, -0.05) is 248 Å². The lowest BCUT2D eigenvalue weighted by Gasteiger charge is -2.39. The van der Waals surface area contributed by atoms with Gasteiger partial charge in [0.1, 0.15) is 5.82 Å². The monoisotopic (exact) mass is 711 g/mol. The molecule has 0 spiro atoms. The Bertz CT molecular complexity index is 1200.